The van der Waals surface area contributed by atoms with Crippen molar-refractivity contribution in [3.8, 4) is 0 Å². The van der Waals surface area contributed by atoms with Crippen LogP contribution in [0.4, 0.5) is 10.5 Å². The number of rotatable bonds is 3. The fourth-order valence-electron chi connectivity index (χ4n) is 2.67. The summed E-state index contributed by atoms with van der Waals surface area (Å²) in [5.41, 5.74) is 2.92. The first kappa shape index (κ1) is 17.0. The Kier molecular flexibility index (Phi) is 4.76. The molecular formula is C19H18ClN3O2. The summed E-state index contributed by atoms with van der Waals surface area (Å²) in [5, 5.41) is 4.19. The molecule has 0 bridgehead atoms. The van der Waals surface area contributed by atoms with E-state index >= 15 is 0 Å². The molecule has 1 aromatic heterocycles. The number of anilines is 1. The molecule has 25 heavy (non-hydrogen) atoms. The Hall–Kier alpha value is -2.79. The van der Waals surface area contributed by atoms with E-state index in [2.05, 4.69) is 10.3 Å². The molecule has 2 aromatic carbocycles. The summed E-state index contributed by atoms with van der Waals surface area (Å²) in [5.74, 6) is 0. The summed E-state index contributed by atoms with van der Waals surface area (Å²) in [4.78, 5) is 28.6. The van der Waals surface area contributed by atoms with E-state index in [1.165, 1.54) is 11.0 Å². The standard InChI is InChI=1S/C19H18ClN3O2/c1-12-7-8-17(15(20)9-12)22-19(25)23(2)11-13-10-18(24)21-16-6-4-3-5-14(13)16/h3-10H,11H2,1-2H3,(H,21,24)(H,22,25). The third-order valence-electron chi connectivity index (χ3n) is 3.96. The average molecular weight is 356 g/mol. The molecule has 0 spiro atoms. The summed E-state index contributed by atoms with van der Waals surface area (Å²) in [7, 11) is 1.67. The van der Waals surface area contributed by atoms with Crippen molar-refractivity contribution in [3.05, 3.63) is 75.0 Å². The lowest BCUT2D eigenvalue weighted by Crippen LogP contribution is -2.31. The Morgan fingerprint density at radius 3 is 2.72 bits per heavy atom. The number of nitrogens with zero attached hydrogens (tertiary/aromatic N) is 1. The number of hydrogen-bond acceptors (Lipinski definition) is 2. The molecule has 128 valence electrons. The number of pyridine rings is 1. The largest absolute Gasteiger partial charge is 0.323 e. The van der Waals surface area contributed by atoms with Gasteiger partial charge in [-0.2, -0.15) is 0 Å². The van der Waals surface area contributed by atoms with Crippen LogP contribution in [0.15, 0.2) is 53.3 Å². The molecule has 0 radical (unpaired) electrons. The van der Waals surface area contributed by atoms with E-state index in [1.54, 1.807) is 19.2 Å². The lowest BCUT2D eigenvalue weighted by atomic mass is 10.1. The third kappa shape index (κ3) is 3.83. The van der Waals surface area contributed by atoms with Gasteiger partial charge in [-0.15, -0.1) is 0 Å². The lowest BCUT2D eigenvalue weighted by Gasteiger charge is -2.19. The van der Waals surface area contributed by atoms with Crippen LogP contribution in [0.25, 0.3) is 10.9 Å². The quantitative estimate of drug-likeness (QED) is 0.741. The van der Waals surface area contributed by atoms with E-state index in [0.717, 1.165) is 22.0 Å². The molecule has 0 fully saturated rings. The van der Waals surface area contributed by atoms with Crippen molar-refractivity contribution in [1.82, 2.24) is 9.88 Å². The second-order valence-corrected chi connectivity index (χ2v) is 6.38. The summed E-state index contributed by atoms with van der Waals surface area (Å²) in [6, 6.07) is 14.2. The number of H-pyrrole nitrogens is 1. The molecule has 2 amide bonds. The molecule has 6 heteroatoms. The van der Waals surface area contributed by atoms with Crippen LogP contribution in [0, 0.1) is 6.92 Å². The number of hydrogen-bond donors (Lipinski definition) is 2. The summed E-state index contributed by atoms with van der Waals surface area (Å²) >= 11 is 6.16. The van der Waals surface area contributed by atoms with E-state index in [1.807, 2.05) is 37.3 Å². The van der Waals surface area contributed by atoms with Gasteiger partial charge in [-0.1, -0.05) is 35.9 Å². The van der Waals surface area contributed by atoms with Gasteiger partial charge in [-0.25, -0.2) is 4.79 Å². The van der Waals surface area contributed by atoms with Gasteiger partial charge in [0.05, 0.1) is 10.7 Å². The number of para-hydroxylation sites is 1. The Morgan fingerprint density at radius 1 is 1.20 bits per heavy atom. The van der Waals surface area contributed by atoms with Crippen molar-refractivity contribution in [2.24, 2.45) is 0 Å². The molecule has 0 aliphatic heterocycles. The molecule has 0 saturated heterocycles. The van der Waals surface area contributed by atoms with E-state index in [-0.39, 0.29) is 11.6 Å². The van der Waals surface area contributed by atoms with Crippen LogP contribution in [-0.2, 0) is 6.54 Å². The van der Waals surface area contributed by atoms with Crippen LogP contribution in [-0.4, -0.2) is 23.0 Å². The van der Waals surface area contributed by atoms with Crippen LogP contribution >= 0.6 is 11.6 Å². The Morgan fingerprint density at radius 2 is 1.96 bits per heavy atom. The number of carbonyl (C=O) groups is 1. The molecule has 0 aliphatic carbocycles. The molecule has 0 unspecified atom stereocenters. The highest BCUT2D eigenvalue weighted by Crippen LogP contribution is 2.23. The zero-order valence-electron chi connectivity index (χ0n) is 14.0. The molecule has 2 N–H and O–H groups in total. The van der Waals surface area contributed by atoms with Gasteiger partial charge in [0.1, 0.15) is 0 Å². The van der Waals surface area contributed by atoms with Gasteiger partial charge in [-0.3, -0.25) is 4.79 Å². The summed E-state index contributed by atoms with van der Waals surface area (Å²) < 4.78 is 0. The number of aryl methyl sites for hydroxylation is 1. The van der Waals surface area contributed by atoms with Gasteiger partial charge in [-0.05, 0) is 36.2 Å². The van der Waals surface area contributed by atoms with E-state index < -0.39 is 0 Å². The summed E-state index contributed by atoms with van der Waals surface area (Å²) in [6.07, 6.45) is 0. The topological polar surface area (TPSA) is 65.2 Å². The lowest BCUT2D eigenvalue weighted by molar-refractivity contribution is 0.221. The number of fused-ring (bicyclic) bond motifs is 1. The molecule has 5 nitrogen and oxygen atoms in total. The summed E-state index contributed by atoms with van der Waals surface area (Å²) in [6.45, 7) is 2.24. The minimum Gasteiger partial charge on any atom is -0.323 e. The van der Waals surface area contributed by atoms with Crippen molar-refractivity contribution >= 4 is 34.2 Å². The number of halogens is 1. The van der Waals surface area contributed by atoms with Gasteiger partial charge in [0, 0.05) is 30.6 Å². The number of carbonyl (C=O) groups excluding carboxylic acids is 1. The van der Waals surface area contributed by atoms with Crippen LogP contribution in [0.1, 0.15) is 11.1 Å². The first-order valence-electron chi connectivity index (χ1n) is 7.83. The fraction of sp³-hybridized carbons (Fsp3) is 0.158. The average Bonchev–Trinajstić information content (AvgIpc) is 2.57. The first-order valence-corrected chi connectivity index (χ1v) is 8.21. The number of urea groups is 1. The minimum atomic E-state index is -0.296. The van der Waals surface area contributed by atoms with Crippen molar-refractivity contribution in [3.63, 3.8) is 0 Å². The highest BCUT2D eigenvalue weighted by Gasteiger charge is 2.13. The van der Waals surface area contributed by atoms with E-state index in [9.17, 15) is 9.59 Å². The van der Waals surface area contributed by atoms with Crippen LogP contribution < -0.4 is 10.9 Å². The normalized spacial score (nSPS) is 10.7. The smallest absolute Gasteiger partial charge is 0.321 e. The predicted molar refractivity (Wildman–Crippen MR) is 101 cm³/mol. The SMILES string of the molecule is Cc1ccc(NC(=O)N(C)Cc2cc(=O)[nH]c3ccccc23)c(Cl)c1. The highest BCUT2D eigenvalue weighted by molar-refractivity contribution is 6.33. The van der Waals surface area contributed by atoms with Gasteiger partial charge in [0.15, 0.2) is 0 Å². The molecule has 3 aromatic rings. The highest BCUT2D eigenvalue weighted by atomic mass is 35.5. The number of benzene rings is 2. The van der Waals surface area contributed by atoms with Crippen LogP contribution in [0.5, 0.6) is 0 Å². The number of nitrogens with one attached hydrogen (secondary N) is 2. The van der Waals surface area contributed by atoms with Crippen molar-refractivity contribution in [1.29, 1.82) is 0 Å². The zero-order valence-corrected chi connectivity index (χ0v) is 14.7. The third-order valence-corrected chi connectivity index (χ3v) is 4.27. The van der Waals surface area contributed by atoms with Crippen LogP contribution in [0.2, 0.25) is 5.02 Å². The molecule has 1 heterocycles. The van der Waals surface area contributed by atoms with Crippen molar-refractivity contribution < 1.29 is 4.79 Å². The molecule has 3 rings (SSSR count). The number of amides is 2. The monoisotopic (exact) mass is 355 g/mol. The Labute approximate surface area is 150 Å². The van der Waals surface area contributed by atoms with Gasteiger partial charge in [0.25, 0.3) is 0 Å². The first-order chi connectivity index (χ1) is 11.9. The minimum absolute atomic E-state index is 0.191. The van der Waals surface area contributed by atoms with E-state index in [4.69, 9.17) is 11.6 Å². The second-order valence-electron chi connectivity index (χ2n) is 5.97. The fourth-order valence-corrected chi connectivity index (χ4v) is 2.95. The van der Waals surface area contributed by atoms with Crippen molar-refractivity contribution in [2.45, 2.75) is 13.5 Å². The van der Waals surface area contributed by atoms with Crippen LogP contribution in [0.3, 0.4) is 0 Å². The predicted octanol–water partition coefficient (Wildman–Crippen LogP) is 4.15. The number of aromatic amines is 1. The molecule has 0 aliphatic rings. The molecular weight excluding hydrogens is 338 g/mol. The zero-order chi connectivity index (χ0) is 18.0. The molecule has 0 atom stereocenters. The Balaban J connectivity index is 1.81. The maximum absolute atomic E-state index is 12.4. The number of aromatic nitrogens is 1. The van der Waals surface area contributed by atoms with E-state index in [0.29, 0.717) is 17.3 Å². The van der Waals surface area contributed by atoms with Gasteiger partial charge < -0.3 is 15.2 Å². The maximum Gasteiger partial charge on any atom is 0.321 e. The van der Waals surface area contributed by atoms with Crippen molar-refractivity contribution in [2.75, 3.05) is 12.4 Å². The second kappa shape index (κ2) is 6.99. The molecule has 0 saturated carbocycles. The Bertz CT molecular complexity index is 997. The van der Waals surface area contributed by atoms with Gasteiger partial charge in [0.2, 0.25) is 5.56 Å². The maximum atomic E-state index is 12.4. The van der Waals surface area contributed by atoms with Gasteiger partial charge >= 0.3 is 6.03 Å².